The van der Waals surface area contributed by atoms with Gasteiger partial charge in [0.2, 0.25) is 0 Å². The molecule has 0 saturated heterocycles. The van der Waals surface area contributed by atoms with Crippen LogP contribution in [0.25, 0.3) is 38.6 Å². The van der Waals surface area contributed by atoms with Gasteiger partial charge in [-0.1, -0.05) is 121 Å². The summed E-state index contributed by atoms with van der Waals surface area (Å²) in [6, 6.07) is 64.0. The van der Waals surface area contributed by atoms with Gasteiger partial charge < -0.3 is 14.4 Å². The Morgan fingerprint density at radius 1 is 0.412 bits per heavy atom. The number of hydrogen-bond donors (Lipinski definition) is 0. The van der Waals surface area contributed by atoms with Crippen LogP contribution in [0.4, 0.5) is 28.4 Å². The number of nitrogens with zero attached hydrogens (tertiary/aromatic N) is 3. The van der Waals surface area contributed by atoms with Crippen molar-refractivity contribution < 1.29 is 0 Å². The van der Waals surface area contributed by atoms with Gasteiger partial charge in [-0.2, -0.15) is 0 Å². The Morgan fingerprint density at radius 3 is 1.61 bits per heavy atom. The molecule has 10 rings (SSSR count). The molecule has 0 spiro atoms. The molecular weight excluding hydrogens is 619 g/mol. The summed E-state index contributed by atoms with van der Waals surface area (Å²) < 4.78 is 2.37. The van der Waals surface area contributed by atoms with Crippen molar-refractivity contribution in [2.24, 2.45) is 0 Å². The van der Waals surface area contributed by atoms with Crippen molar-refractivity contribution in [1.29, 1.82) is 0 Å². The second-order valence-corrected chi connectivity index (χ2v) is 13.4. The fraction of sp³-hybridized carbons (Fsp3) is 0.0417. The molecule has 2 aliphatic rings. The quantitative estimate of drug-likeness (QED) is 0.177. The minimum atomic E-state index is 0.284. The normalized spacial score (nSPS) is 16.0. The molecule has 2 unspecified atom stereocenters. The molecule has 1 aromatic heterocycles. The van der Waals surface area contributed by atoms with Gasteiger partial charge in [0, 0.05) is 50.8 Å². The molecule has 0 amide bonds. The van der Waals surface area contributed by atoms with E-state index in [0.717, 1.165) is 22.7 Å². The van der Waals surface area contributed by atoms with Gasteiger partial charge in [0.1, 0.15) is 0 Å². The van der Waals surface area contributed by atoms with Crippen LogP contribution in [0.1, 0.15) is 11.5 Å². The van der Waals surface area contributed by atoms with Crippen molar-refractivity contribution in [3.63, 3.8) is 0 Å². The molecule has 7 aromatic carbocycles. The third-order valence-corrected chi connectivity index (χ3v) is 10.5. The highest BCUT2D eigenvalue weighted by Gasteiger charge is 2.37. The van der Waals surface area contributed by atoms with Crippen molar-refractivity contribution in [2.45, 2.75) is 12.0 Å². The maximum atomic E-state index is 2.48. The smallest absolute Gasteiger partial charge is 0.0629 e. The van der Waals surface area contributed by atoms with Gasteiger partial charge in [-0.3, -0.25) is 0 Å². The zero-order chi connectivity index (χ0) is 33.7. The first-order chi connectivity index (χ1) is 25.3. The predicted octanol–water partition coefficient (Wildman–Crippen LogP) is 12.7. The number of anilines is 5. The number of benzene rings is 7. The number of allylic oxidation sites excluding steroid dienone is 2. The monoisotopic (exact) mass is 653 g/mol. The maximum Gasteiger partial charge on any atom is 0.0629 e. The lowest BCUT2D eigenvalue weighted by Crippen LogP contribution is -2.28. The van der Waals surface area contributed by atoms with Gasteiger partial charge in [-0.25, -0.2) is 0 Å². The third kappa shape index (κ3) is 4.89. The lowest BCUT2D eigenvalue weighted by molar-refractivity contribution is 0.745. The van der Waals surface area contributed by atoms with Crippen molar-refractivity contribution in [1.82, 2.24) is 4.57 Å². The van der Waals surface area contributed by atoms with Gasteiger partial charge in [0.05, 0.1) is 17.1 Å². The van der Waals surface area contributed by atoms with Gasteiger partial charge >= 0.3 is 0 Å². The van der Waals surface area contributed by atoms with Crippen LogP contribution < -0.4 is 9.80 Å². The summed E-state index contributed by atoms with van der Waals surface area (Å²) in [7, 11) is 0. The van der Waals surface area contributed by atoms with Crippen molar-refractivity contribution >= 4 is 50.2 Å². The zero-order valence-corrected chi connectivity index (χ0v) is 28.0. The Kier molecular flexibility index (Phi) is 6.95. The zero-order valence-electron chi connectivity index (χ0n) is 28.0. The Bertz CT molecular complexity index is 2520. The van der Waals surface area contributed by atoms with Crippen LogP contribution in [0.2, 0.25) is 0 Å². The SMILES string of the molecule is C1=CC2c3ccccc3N(c3ccc(N(c4ccccc4)c4ccc(-c5ccc(-n6c7ccccc7c7ccccc76)cc5)cc4)cc3)C2C=C1. The molecule has 3 nitrogen and oxygen atoms in total. The van der Waals surface area contributed by atoms with E-state index in [1.165, 1.54) is 49.9 Å². The molecule has 1 aliphatic carbocycles. The molecule has 0 radical (unpaired) electrons. The van der Waals surface area contributed by atoms with Crippen LogP contribution in [0.15, 0.2) is 200 Å². The van der Waals surface area contributed by atoms with E-state index in [1.54, 1.807) is 0 Å². The summed E-state index contributed by atoms with van der Waals surface area (Å²) in [6.07, 6.45) is 9.01. The first kappa shape index (κ1) is 29.3. The lowest BCUT2D eigenvalue weighted by Gasteiger charge is -2.30. The van der Waals surface area contributed by atoms with E-state index in [-0.39, 0.29) is 6.04 Å². The van der Waals surface area contributed by atoms with Crippen LogP contribution in [0.3, 0.4) is 0 Å². The summed E-state index contributed by atoms with van der Waals surface area (Å²) in [6.45, 7) is 0. The van der Waals surface area contributed by atoms with Crippen LogP contribution in [0.5, 0.6) is 0 Å². The number of fused-ring (bicyclic) bond motifs is 6. The molecule has 2 heterocycles. The Labute approximate surface area is 298 Å². The number of rotatable bonds is 6. The molecule has 3 heteroatoms. The second-order valence-electron chi connectivity index (χ2n) is 13.4. The Morgan fingerprint density at radius 2 is 0.922 bits per heavy atom. The maximum absolute atomic E-state index is 2.48. The van der Waals surface area contributed by atoms with Gasteiger partial charge in [-0.15, -0.1) is 0 Å². The van der Waals surface area contributed by atoms with E-state index in [0.29, 0.717) is 5.92 Å². The van der Waals surface area contributed by atoms with E-state index in [1.807, 2.05) is 0 Å². The minimum Gasteiger partial charge on any atom is -0.333 e. The fourth-order valence-corrected chi connectivity index (χ4v) is 8.18. The number of hydrogen-bond acceptors (Lipinski definition) is 2. The van der Waals surface area contributed by atoms with Crippen LogP contribution in [0, 0.1) is 0 Å². The topological polar surface area (TPSA) is 11.4 Å². The van der Waals surface area contributed by atoms with E-state index in [4.69, 9.17) is 0 Å². The van der Waals surface area contributed by atoms with E-state index >= 15 is 0 Å². The Hall–Kier alpha value is -6.58. The predicted molar refractivity (Wildman–Crippen MR) is 214 cm³/mol. The average molecular weight is 654 g/mol. The molecule has 51 heavy (non-hydrogen) atoms. The van der Waals surface area contributed by atoms with Gasteiger partial charge in [-0.05, 0) is 95.6 Å². The van der Waals surface area contributed by atoms with E-state index in [9.17, 15) is 0 Å². The van der Waals surface area contributed by atoms with Crippen LogP contribution in [-0.2, 0) is 0 Å². The molecule has 0 saturated carbocycles. The minimum absolute atomic E-state index is 0.284. The third-order valence-electron chi connectivity index (χ3n) is 10.5. The van der Waals surface area contributed by atoms with Gasteiger partial charge in [0.25, 0.3) is 0 Å². The summed E-state index contributed by atoms with van der Waals surface area (Å²) in [5.74, 6) is 0.370. The fourth-order valence-electron chi connectivity index (χ4n) is 8.18. The largest absolute Gasteiger partial charge is 0.333 e. The second kappa shape index (κ2) is 12.1. The highest BCUT2D eigenvalue weighted by molar-refractivity contribution is 6.09. The van der Waals surface area contributed by atoms with Crippen LogP contribution >= 0.6 is 0 Å². The van der Waals surface area contributed by atoms with Crippen molar-refractivity contribution in [3.8, 4) is 16.8 Å². The molecule has 8 aromatic rings. The standard InChI is InChI=1S/C48H35N3/c1-2-12-36(13-3-1)49(38-30-32-40(33-31-38)51-47-20-10-6-16-43(47)44-17-7-11-21-48(44)51)37-26-22-34(23-27-37)35-24-28-39(29-25-35)50-45-18-8-4-14-41(45)42-15-5-9-19-46(42)50/h1-33,43,47H. The highest BCUT2D eigenvalue weighted by atomic mass is 15.2. The molecule has 0 N–H and O–H groups in total. The molecular formula is C48H35N3. The number of aromatic nitrogens is 1. The van der Waals surface area contributed by atoms with Gasteiger partial charge in [0.15, 0.2) is 0 Å². The lowest BCUT2D eigenvalue weighted by atomic mass is 9.91. The first-order valence-corrected chi connectivity index (χ1v) is 17.7. The highest BCUT2D eigenvalue weighted by Crippen LogP contribution is 2.48. The van der Waals surface area contributed by atoms with Crippen molar-refractivity contribution in [3.05, 3.63) is 206 Å². The van der Waals surface area contributed by atoms with E-state index < -0.39 is 0 Å². The summed E-state index contributed by atoms with van der Waals surface area (Å²) >= 11 is 0. The Balaban J connectivity index is 0.967. The summed E-state index contributed by atoms with van der Waals surface area (Å²) in [4.78, 5) is 4.82. The summed E-state index contributed by atoms with van der Waals surface area (Å²) in [5, 5.41) is 2.55. The van der Waals surface area contributed by atoms with Crippen molar-refractivity contribution in [2.75, 3.05) is 9.80 Å². The molecule has 2 atom stereocenters. The first-order valence-electron chi connectivity index (χ1n) is 17.7. The summed E-state index contributed by atoms with van der Waals surface area (Å²) in [5.41, 5.74) is 13.2. The number of para-hydroxylation sites is 4. The molecule has 0 fully saturated rings. The molecule has 242 valence electrons. The molecule has 0 bridgehead atoms. The van der Waals surface area contributed by atoms with Crippen LogP contribution in [-0.4, -0.2) is 10.6 Å². The molecule has 1 aliphatic heterocycles. The van der Waals surface area contributed by atoms with E-state index in [2.05, 4.69) is 215 Å². The average Bonchev–Trinajstić information content (AvgIpc) is 3.72.